The highest BCUT2D eigenvalue weighted by molar-refractivity contribution is 5.96. The van der Waals surface area contributed by atoms with Gasteiger partial charge in [-0.1, -0.05) is 12.2 Å². The lowest BCUT2D eigenvalue weighted by Gasteiger charge is -2.18. The molecule has 0 aromatic heterocycles. The highest BCUT2D eigenvalue weighted by atomic mass is 16.5. The SMILES string of the molecule is NC(=O)c1cc(N)c(NC/C=C/CNC(=O)O)c(OC2CCOC2)c1. The normalized spacial score (nSPS) is 16.7. The Labute approximate surface area is 145 Å². The van der Waals surface area contributed by atoms with E-state index in [0.29, 0.717) is 36.9 Å². The van der Waals surface area contributed by atoms with Gasteiger partial charge in [0.05, 0.1) is 18.9 Å². The number of hydrogen-bond acceptors (Lipinski definition) is 6. The fraction of sp³-hybridized carbons (Fsp3) is 0.375. The molecule has 1 aliphatic heterocycles. The zero-order valence-corrected chi connectivity index (χ0v) is 13.7. The molecule has 1 unspecified atom stereocenters. The maximum absolute atomic E-state index is 11.4. The maximum atomic E-state index is 11.4. The third kappa shape index (κ3) is 5.57. The summed E-state index contributed by atoms with van der Waals surface area (Å²) in [6, 6.07) is 3.04. The lowest BCUT2D eigenvalue weighted by molar-refractivity contribution is 0.0999. The van der Waals surface area contributed by atoms with E-state index in [9.17, 15) is 9.59 Å². The van der Waals surface area contributed by atoms with Crippen LogP contribution >= 0.6 is 0 Å². The molecule has 7 N–H and O–H groups in total. The first-order valence-corrected chi connectivity index (χ1v) is 7.80. The number of carbonyl (C=O) groups excluding carboxylic acids is 1. The van der Waals surface area contributed by atoms with E-state index in [1.54, 1.807) is 18.2 Å². The molecule has 0 spiro atoms. The Morgan fingerprint density at radius 1 is 1.36 bits per heavy atom. The molecule has 1 saturated heterocycles. The van der Waals surface area contributed by atoms with Gasteiger partial charge in [-0.2, -0.15) is 0 Å². The van der Waals surface area contributed by atoms with Crippen LogP contribution < -0.4 is 26.8 Å². The van der Waals surface area contributed by atoms with E-state index >= 15 is 0 Å². The van der Waals surface area contributed by atoms with Crippen molar-refractivity contribution in [1.29, 1.82) is 0 Å². The number of anilines is 2. The number of ether oxygens (including phenoxy) is 2. The number of hydrogen-bond donors (Lipinski definition) is 5. The van der Waals surface area contributed by atoms with Crippen molar-refractivity contribution in [2.24, 2.45) is 5.73 Å². The second kappa shape index (κ2) is 8.78. The minimum atomic E-state index is -1.08. The number of carbonyl (C=O) groups is 2. The summed E-state index contributed by atoms with van der Waals surface area (Å²) in [5, 5.41) is 13.8. The maximum Gasteiger partial charge on any atom is 0.404 e. The fourth-order valence-electron chi connectivity index (χ4n) is 2.32. The van der Waals surface area contributed by atoms with Crippen molar-refractivity contribution in [3.63, 3.8) is 0 Å². The number of nitrogen functional groups attached to an aromatic ring is 1. The van der Waals surface area contributed by atoms with Crippen LogP contribution in [0.1, 0.15) is 16.8 Å². The molecule has 1 aromatic carbocycles. The van der Waals surface area contributed by atoms with E-state index in [-0.39, 0.29) is 18.2 Å². The summed E-state index contributed by atoms with van der Waals surface area (Å²) in [4.78, 5) is 21.8. The van der Waals surface area contributed by atoms with E-state index < -0.39 is 12.0 Å². The van der Waals surface area contributed by atoms with Crippen molar-refractivity contribution >= 4 is 23.4 Å². The number of primary amides is 1. The Morgan fingerprint density at radius 3 is 2.76 bits per heavy atom. The number of benzene rings is 1. The Balaban J connectivity index is 2.08. The lowest BCUT2D eigenvalue weighted by atomic mass is 10.1. The van der Waals surface area contributed by atoms with Gasteiger partial charge in [-0.15, -0.1) is 0 Å². The smallest absolute Gasteiger partial charge is 0.404 e. The minimum Gasteiger partial charge on any atom is -0.486 e. The average Bonchev–Trinajstić information content (AvgIpc) is 3.05. The molecule has 1 fully saturated rings. The number of amides is 2. The summed E-state index contributed by atoms with van der Waals surface area (Å²) < 4.78 is 11.2. The van der Waals surface area contributed by atoms with Crippen molar-refractivity contribution in [2.75, 3.05) is 37.4 Å². The predicted octanol–water partition coefficient (Wildman–Crippen LogP) is 0.771. The lowest BCUT2D eigenvalue weighted by Crippen LogP contribution is -2.20. The first-order valence-electron chi connectivity index (χ1n) is 7.80. The van der Waals surface area contributed by atoms with Crippen LogP contribution in [0.5, 0.6) is 5.75 Å². The number of nitrogens with one attached hydrogen (secondary N) is 2. The van der Waals surface area contributed by atoms with Gasteiger partial charge in [0.15, 0.2) is 0 Å². The molecule has 136 valence electrons. The van der Waals surface area contributed by atoms with E-state index in [0.717, 1.165) is 6.42 Å². The minimum absolute atomic E-state index is 0.113. The van der Waals surface area contributed by atoms with Gasteiger partial charge in [-0.05, 0) is 12.1 Å². The van der Waals surface area contributed by atoms with Crippen molar-refractivity contribution in [3.05, 3.63) is 29.8 Å². The zero-order valence-electron chi connectivity index (χ0n) is 13.7. The van der Waals surface area contributed by atoms with Gasteiger partial charge in [0.25, 0.3) is 0 Å². The summed E-state index contributed by atoms with van der Waals surface area (Å²) >= 11 is 0. The molecule has 0 saturated carbocycles. The van der Waals surface area contributed by atoms with Gasteiger partial charge < -0.3 is 36.7 Å². The van der Waals surface area contributed by atoms with E-state index in [1.807, 2.05) is 0 Å². The highest BCUT2D eigenvalue weighted by Crippen LogP contribution is 2.34. The molecule has 2 rings (SSSR count). The van der Waals surface area contributed by atoms with Crippen molar-refractivity contribution in [2.45, 2.75) is 12.5 Å². The second-order valence-corrected chi connectivity index (χ2v) is 5.44. The molecule has 2 amide bonds. The monoisotopic (exact) mass is 350 g/mol. The highest BCUT2D eigenvalue weighted by Gasteiger charge is 2.20. The third-order valence-corrected chi connectivity index (χ3v) is 3.53. The van der Waals surface area contributed by atoms with Crippen LogP contribution in [0.4, 0.5) is 16.2 Å². The van der Waals surface area contributed by atoms with Gasteiger partial charge >= 0.3 is 6.09 Å². The van der Waals surface area contributed by atoms with Crippen LogP contribution in [0.15, 0.2) is 24.3 Å². The van der Waals surface area contributed by atoms with Crippen LogP contribution in [0, 0.1) is 0 Å². The largest absolute Gasteiger partial charge is 0.486 e. The molecule has 9 nitrogen and oxygen atoms in total. The van der Waals surface area contributed by atoms with Gasteiger partial charge in [0.2, 0.25) is 5.91 Å². The van der Waals surface area contributed by atoms with E-state index in [2.05, 4.69) is 10.6 Å². The number of nitrogens with two attached hydrogens (primary N) is 2. The fourth-order valence-corrected chi connectivity index (χ4v) is 2.32. The Hall–Kier alpha value is -2.94. The van der Waals surface area contributed by atoms with Crippen molar-refractivity contribution in [1.82, 2.24) is 5.32 Å². The zero-order chi connectivity index (χ0) is 18.2. The van der Waals surface area contributed by atoms with E-state index in [1.165, 1.54) is 6.07 Å². The molecule has 9 heteroatoms. The second-order valence-electron chi connectivity index (χ2n) is 5.44. The van der Waals surface area contributed by atoms with Crippen LogP contribution in [0.2, 0.25) is 0 Å². The van der Waals surface area contributed by atoms with Crippen molar-refractivity contribution < 1.29 is 24.2 Å². The molecule has 1 atom stereocenters. The van der Waals surface area contributed by atoms with Crippen LogP contribution in [0.25, 0.3) is 0 Å². The summed E-state index contributed by atoms with van der Waals surface area (Å²) in [5.41, 5.74) is 12.5. The Kier molecular flexibility index (Phi) is 6.47. The summed E-state index contributed by atoms with van der Waals surface area (Å²) in [6.07, 6.45) is 2.97. The standard InChI is InChI=1S/C16H22N4O5/c17-12-7-10(15(18)21)8-13(25-11-3-6-24-9-11)14(12)19-4-1-2-5-20-16(22)23/h1-2,7-8,11,19-20H,3-6,9,17H2,(H2,18,21)(H,22,23)/b2-1+. The molecule has 1 aliphatic rings. The number of carboxylic acid groups (broad SMARTS) is 1. The quantitative estimate of drug-likeness (QED) is 0.343. The van der Waals surface area contributed by atoms with E-state index in [4.69, 9.17) is 26.0 Å². The molecule has 0 bridgehead atoms. The average molecular weight is 350 g/mol. The first kappa shape index (κ1) is 18.4. The summed E-state index contributed by atoms with van der Waals surface area (Å²) in [5.74, 6) is -0.160. The van der Waals surface area contributed by atoms with Gasteiger partial charge in [0, 0.05) is 25.1 Å². The molecule has 0 radical (unpaired) electrons. The molecular formula is C16H22N4O5. The Morgan fingerprint density at radius 2 is 2.12 bits per heavy atom. The van der Waals surface area contributed by atoms with Crippen LogP contribution in [-0.4, -0.2) is 49.5 Å². The van der Waals surface area contributed by atoms with Crippen LogP contribution in [-0.2, 0) is 4.74 Å². The third-order valence-electron chi connectivity index (χ3n) is 3.53. The molecule has 1 heterocycles. The van der Waals surface area contributed by atoms with Gasteiger partial charge in [-0.3, -0.25) is 4.79 Å². The van der Waals surface area contributed by atoms with Gasteiger partial charge in [0.1, 0.15) is 17.5 Å². The van der Waals surface area contributed by atoms with Crippen LogP contribution in [0.3, 0.4) is 0 Å². The molecule has 0 aliphatic carbocycles. The number of rotatable bonds is 8. The van der Waals surface area contributed by atoms with Gasteiger partial charge in [-0.25, -0.2) is 4.79 Å². The molecule has 25 heavy (non-hydrogen) atoms. The first-order chi connectivity index (χ1) is 12.0. The predicted molar refractivity (Wildman–Crippen MR) is 92.9 cm³/mol. The van der Waals surface area contributed by atoms with Crippen molar-refractivity contribution in [3.8, 4) is 5.75 Å². The topological polar surface area (TPSA) is 149 Å². The summed E-state index contributed by atoms with van der Waals surface area (Å²) in [7, 11) is 0. The summed E-state index contributed by atoms with van der Waals surface area (Å²) in [6.45, 7) is 1.70. The molecule has 1 aromatic rings. The Bertz CT molecular complexity index is 656. The molecular weight excluding hydrogens is 328 g/mol.